The number of nitrogens with zero attached hydrogens (tertiary/aromatic N) is 1. The van der Waals surface area contributed by atoms with Crippen LogP contribution in [0.5, 0.6) is 5.75 Å². The number of rotatable bonds is 7. The minimum atomic E-state index is -2.91. The predicted molar refractivity (Wildman–Crippen MR) is 89.7 cm³/mol. The van der Waals surface area contributed by atoms with Crippen LogP contribution in [0.15, 0.2) is 58.2 Å². The smallest absolute Gasteiger partial charge is 0.387 e. The third kappa shape index (κ3) is 4.69. The molecule has 0 saturated carbocycles. The van der Waals surface area contributed by atoms with E-state index in [1.807, 2.05) is 18.2 Å². The van der Waals surface area contributed by atoms with Crippen molar-refractivity contribution in [3.05, 3.63) is 54.1 Å². The molecule has 25 heavy (non-hydrogen) atoms. The molecule has 0 aliphatic heterocycles. The van der Waals surface area contributed by atoms with Crippen LogP contribution in [0.1, 0.15) is 5.56 Å². The van der Waals surface area contributed by atoms with Crippen molar-refractivity contribution in [3.8, 4) is 5.75 Å². The first-order valence-corrected chi connectivity index (χ1v) is 8.38. The first-order valence-electron chi connectivity index (χ1n) is 7.39. The molecule has 1 N–H and O–H groups in total. The second-order valence-electron chi connectivity index (χ2n) is 5.00. The number of para-hydroxylation sites is 3. The normalized spacial score (nSPS) is 11.0. The fourth-order valence-electron chi connectivity index (χ4n) is 2.15. The SMILES string of the molecule is O=C(CSc1nc2ccccc2o1)NCc1ccccc1OC(F)F. The lowest BCUT2D eigenvalue weighted by Gasteiger charge is -2.11. The van der Waals surface area contributed by atoms with Crippen molar-refractivity contribution < 1.29 is 22.7 Å². The number of oxazole rings is 1. The zero-order valence-electron chi connectivity index (χ0n) is 12.9. The summed E-state index contributed by atoms with van der Waals surface area (Å²) < 4.78 is 34.7. The molecule has 0 saturated heterocycles. The van der Waals surface area contributed by atoms with Gasteiger partial charge in [0.1, 0.15) is 11.3 Å². The number of amides is 1. The summed E-state index contributed by atoms with van der Waals surface area (Å²) >= 11 is 1.16. The third-order valence-corrected chi connectivity index (χ3v) is 4.09. The van der Waals surface area contributed by atoms with Gasteiger partial charge in [-0.2, -0.15) is 8.78 Å². The van der Waals surface area contributed by atoms with Gasteiger partial charge in [-0.25, -0.2) is 4.98 Å². The van der Waals surface area contributed by atoms with E-state index in [2.05, 4.69) is 15.0 Å². The van der Waals surface area contributed by atoms with Crippen molar-refractivity contribution in [3.63, 3.8) is 0 Å². The molecule has 130 valence electrons. The number of halogens is 2. The van der Waals surface area contributed by atoms with Gasteiger partial charge in [0.15, 0.2) is 5.58 Å². The molecule has 0 radical (unpaired) electrons. The number of thioether (sulfide) groups is 1. The molecule has 0 bridgehead atoms. The molecule has 3 aromatic rings. The topological polar surface area (TPSA) is 64.4 Å². The second kappa shape index (κ2) is 7.98. The van der Waals surface area contributed by atoms with Gasteiger partial charge >= 0.3 is 6.61 Å². The Morgan fingerprint density at radius 2 is 1.96 bits per heavy atom. The van der Waals surface area contributed by atoms with Crippen LogP contribution in [-0.4, -0.2) is 23.3 Å². The number of benzene rings is 2. The highest BCUT2D eigenvalue weighted by Crippen LogP contribution is 2.23. The molecule has 5 nitrogen and oxygen atoms in total. The molecule has 2 aromatic carbocycles. The Kier molecular flexibility index (Phi) is 5.49. The van der Waals surface area contributed by atoms with Crippen molar-refractivity contribution in [1.29, 1.82) is 0 Å². The van der Waals surface area contributed by atoms with Crippen LogP contribution >= 0.6 is 11.8 Å². The Morgan fingerprint density at radius 1 is 1.20 bits per heavy atom. The van der Waals surface area contributed by atoms with E-state index in [4.69, 9.17) is 4.42 Å². The zero-order chi connectivity index (χ0) is 17.6. The maximum Gasteiger partial charge on any atom is 0.387 e. The van der Waals surface area contributed by atoms with Crippen molar-refractivity contribution in [1.82, 2.24) is 10.3 Å². The monoisotopic (exact) mass is 364 g/mol. The van der Waals surface area contributed by atoms with Gasteiger partial charge < -0.3 is 14.5 Å². The molecule has 8 heteroatoms. The summed E-state index contributed by atoms with van der Waals surface area (Å²) in [6.07, 6.45) is 0. The van der Waals surface area contributed by atoms with Crippen molar-refractivity contribution in [2.75, 3.05) is 5.75 Å². The van der Waals surface area contributed by atoms with Crippen LogP contribution in [0.3, 0.4) is 0 Å². The first kappa shape index (κ1) is 17.2. The highest BCUT2D eigenvalue weighted by Gasteiger charge is 2.12. The fraction of sp³-hybridized carbons (Fsp3) is 0.176. The van der Waals surface area contributed by atoms with Crippen LogP contribution < -0.4 is 10.1 Å². The highest BCUT2D eigenvalue weighted by molar-refractivity contribution is 7.99. The van der Waals surface area contributed by atoms with Crippen LogP contribution in [-0.2, 0) is 11.3 Å². The molecule has 0 aliphatic carbocycles. The molecule has 0 aliphatic rings. The first-order chi connectivity index (χ1) is 12.1. The van der Waals surface area contributed by atoms with Crippen molar-refractivity contribution >= 4 is 28.8 Å². The van der Waals surface area contributed by atoms with E-state index in [1.165, 1.54) is 6.07 Å². The van der Waals surface area contributed by atoms with Gasteiger partial charge in [0.2, 0.25) is 5.91 Å². The standard InChI is InChI=1S/C17H14F2N2O3S/c18-16(19)23-13-7-3-1-5-11(13)9-20-15(22)10-25-17-21-12-6-2-4-8-14(12)24-17/h1-8,16H,9-10H2,(H,20,22). The number of ether oxygens (including phenoxy) is 1. The van der Waals surface area contributed by atoms with Crippen LogP contribution in [0.4, 0.5) is 8.78 Å². The molecule has 1 amide bonds. The predicted octanol–water partition coefficient (Wildman–Crippen LogP) is 3.84. The van der Waals surface area contributed by atoms with Crippen LogP contribution in [0.25, 0.3) is 11.1 Å². The summed E-state index contributed by atoms with van der Waals surface area (Å²) in [4.78, 5) is 16.2. The van der Waals surface area contributed by atoms with Gasteiger partial charge in [0.05, 0.1) is 5.75 Å². The van der Waals surface area contributed by atoms with E-state index in [0.29, 0.717) is 16.4 Å². The summed E-state index contributed by atoms with van der Waals surface area (Å²) in [5.41, 5.74) is 1.86. The lowest BCUT2D eigenvalue weighted by molar-refractivity contribution is -0.118. The van der Waals surface area contributed by atoms with E-state index >= 15 is 0 Å². The second-order valence-corrected chi connectivity index (χ2v) is 5.93. The Hall–Kier alpha value is -2.61. The maximum absolute atomic E-state index is 12.4. The van der Waals surface area contributed by atoms with E-state index < -0.39 is 6.61 Å². The Morgan fingerprint density at radius 3 is 2.76 bits per heavy atom. The minimum absolute atomic E-state index is 0.0457. The quantitative estimate of drug-likeness (QED) is 0.646. The fourth-order valence-corrected chi connectivity index (χ4v) is 2.81. The Bertz CT molecular complexity index is 837. The summed E-state index contributed by atoms with van der Waals surface area (Å²) in [5.74, 6) is -0.117. The van der Waals surface area contributed by atoms with Crippen LogP contribution in [0.2, 0.25) is 0 Å². The van der Waals surface area contributed by atoms with Gasteiger partial charge in [0, 0.05) is 12.1 Å². The molecular weight excluding hydrogens is 350 g/mol. The average molecular weight is 364 g/mol. The zero-order valence-corrected chi connectivity index (χ0v) is 13.8. The number of nitrogens with one attached hydrogen (secondary N) is 1. The van der Waals surface area contributed by atoms with E-state index in [-0.39, 0.29) is 24.0 Å². The number of aromatic nitrogens is 1. The number of fused-ring (bicyclic) bond motifs is 1. The average Bonchev–Trinajstić information content (AvgIpc) is 3.01. The summed E-state index contributed by atoms with van der Waals surface area (Å²) in [6.45, 7) is -2.82. The minimum Gasteiger partial charge on any atom is -0.434 e. The molecule has 0 fully saturated rings. The molecule has 1 aromatic heterocycles. The molecule has 0 spiro atoms. The van der Waals surface area contributed by atoms with Gasteiger partial charge in [-0.05, 0) is 18.2 Å². The molecule has 1 heterocycles. The van der Waals surface area contributed by atoms with E-state index in [1.54, 1.807) is 24.3 Å². The van der Waals surface area contributed by atoms with E-state index in [0.717, 1.165) is 17.3 Å². The lowest BCUT2D eigenvalue weighted by Crippen LogP contribution is -2.25. The number of carbonyl (C=O) groups excluding carboxylic acids is 1. The lowest BCUT2D eigenvalue weighted by atomic mass is 10.2. The third-order valence-electron chi connectivity index (χ3n) is 3.27. The molecule has 0 unspecified atom stereocenters. The highest BCUT2D eigenvalue weighted by atomic mass is 32.2. The maximum atomic E-state index is 12.4. The van der Waals surface area contributed by atoms with Crippen molar-refractivity contribution in [2.24, 2.45) is 0 Å². The molecule has 3 rings (SSSR count). The number of alkyl halides is 2. The van der Waals surface area contributed by atoms with Crippen LogP contribution in [0, 0.1) is 0 Å². The molecular formula is C17H14F2N2O3S. The number of hydrogen-bond donors (Lipinski definition) is 1. The van der Waals surface area contributed by atoms with Gasteiger partial charge in [-0.15, -0.1) is 0 Å². The van der Waals surface area contributed by atoms with Gasteiger partial charge in [-0.3, -0.25) is 4.79 Å². The van der Waals surface area contributed by atoms with Gasteiger partial charge in [-0.1, -0.05) is 42.1 Å². The van der Waals surface area contributed by atoms with Crippen molar-refractivity contribution in [2.45, 2.75) is 18.4 Å². The molecule has 0 atom stereocenters. The number of hydrogen-bond acceptors (Lipinski definition) is 5. The van der Waals surface area contributed by atoms with E-state index in [9.17, 15) is 13.6 Å². The largest absolute Gasteiger partial charge is 0.434 e. The summed E-state index contributed by atoms with van der Waals surface area (Å²) in [5, 5.41) is 3.06. The summed E-state index contributed by atoms with van der Waals surface area (Å²) in [7, 11) is 0. The number of carbonyl (C=O) groups is 1. The Labute approximate surface area is 146 Å². The van der Waals surface area contributed by atoms with Gasteiger partial charge in [0.25, 0.3) is 5.22 Å². The summed E-state index contributed by atoms with van der Waals surface area (Å²) in [6, 6.07) is 13.6. The Balaban J connectivity index is 1.53.